The van der Waals surface area contributed by atoms with Gasteiger partial charge in [-0.15, -0.1) is 0 Å². The largest absolute Gasteiger partial charge is 0.489 e. The standard InChI is InChI=1S/C16H24Cl2N2O2/c1-2-19-6-3-7-20(9-8-19)11-14(21)12-22-16-10-13(17)4-5-15(16)18/h4-5,10,14,21H,2-3,6-9,11-12H2,1H3. The molecule has 1 heterocycles. The second-order valence-corrected chi connectivity index (χ2v) is 6.47. The van der Waals surface area contributed by atoms with Gasteiger partial charge in [-0.3, -0.25) is 4.90 Å². The maximum absolute atomic E-state index is 10.2. The van der Waals surface area contributed by atoms with E-state index in [2.05, 4.69) is 16.7 Å². The molecule has 0 spiro atoms. The summed E-state index contributed by atoms with van der Waals surface area (Å²) in [5, 5.41) is 11.3. The summed E-state index contributed by atoms with van der Waals surface area (Å²) in [6, 6.07) is 5.07. The predicted octanol–water partition coefficient (Wildman–Crippen LogP) is 2.76. The quantitative estimate of drug-likeness (QED) is 0.859. The average molecular weight is 347 g/mol. The number of rotatable bonds is 6. The predicted molar refractivity (Wildman–Crippen MR) is 91.1 cm³/mol. The molecule has 124 valence electrons. The van der Waals surface area contributed by atoms with Crippen LogP contribution >= 0.6 is 23.2 Å². The van der Waals surface area contributed by atoms with E-state index in [4.69, 9.17) is 27.9 Å². The Morgan fingerprint density at radius 2 is 1.91 bits per heavy atom. The van der Waals surface area contributed by atoms with Gasteiger partial charge < -0.3 is 14.7 Å². The average Bonchev–Trinajstić information content (AvgIpc) is 2.73. The highest BCUT2D eigenvalue weighted by Gasteiger charge is 2.17. The number of likely N-dealkylation sites (N-methyl/N-ethyl adjacent to an activating group) is 1. The van der Waals surface area contributed by atoms with Crippen molar-refractivity contribution >= 4 is 23.2 Å². The molecule has 0 radical (unpaired) electrons. The molecule has 1 aliphatic heterocycles. The van der Waals surface area contributed by atoms with Gasteiger partial charge in [-0.1, -0.05) is 30.1 Å². The van der Waals surface area contributed by atoms with Crippen LogP contribution in [0.3, 0.4) is 0 Å². The Kier molecular flexibility index (Phi) is 7.25. The molecule has 0 amide bonds. The Morgan fingerprint density at radius 3 is 2.68 bits per heavy atom. The number of aliphatic hydroxyl groups excluding tert-OH is 1. The van der Waals surface area contributed by atoms with E-state index < -0.39 is 6.10 Å². The van der Waals surface area contributed by atoms with E-state index in [-0.39, 0.29) is 6.61 Å². The lowest BCUT2D eigenvalue weighted by Gasteiger charge is -2.23. The molecule has 4 nitrogen and oxygen atoms in total. The number of halogens is 2. The van der Waals surface area contributed by atoms with Crippen molar-refractivity contribution in [2.24, 2.45) is 0 Å². The fourth-order valence-corrected chi connectivity index (χ4v) is 2.98. The molecular weight excluding hydrogens is 323 g/mol. The number of hydrogen-bond acceptors (Lipinski definition) is 4. The summed E-state index contributed by atoms with van der Waals surface area (Å²) in [5.74, 6) is 0.515. The highest BCUT2D eigenvalue weighted by atomic mass is 35.5. The first-order valence-corrected chi connectivity index (χ1v) is 8.54. The third-order valence-electron chi connectivity index (χ3n) is 3.92. The molecule has 1 fully saturated rings. The highest BCUT2D eigenvalue weighted by Crippen LogP contribution is 2.27. The van der Waals surface area contributed by atoms with Gasteiger partial charge in [0.1, 0.15) is 18.5 Å². The van der Waals surface area contributed by atoms with Gasteiger partial charge in [0.2, 0.25) is 0 Å². The van der Waals surface area contributed by atoms with Gasteiger partial charge >= 0.3 is 0 Å². The summed E-state index contributed by atoms with van der Waals surface area (Å²) in [6.45, 7) is 8.32. The van der Waals surface area contributed by atoms with Gasteiger partial charge in [-0.05, 0) is 38.2 Å². The van der Waals surface area contributed by atoms with Gasteiger partial charge in [-0.25, -0.2) is 0 Å². The zero-order valence-corrected chi connectivity index (χ0v) is 14.5. The Labute approximate surface area is 142 Å². The van der Waals surface area contributed by atoms with Crippen LogP contribution in [0.1, 0.15) is 13.3 Å². The minimum atomic E-state index is -0.539. The topological polar surface area (TPSA) is 35.9 Å². The number of nitrogens with zero attached hydrogens (tertiary/aromatic N) is 2. The van der Waals surface area contributed by atoms with Crippen LogP contribution in [0.4, 0.5) is 0 Å². The number of ether oxygens (including phenoxy) is 1. The molecule has 0 aliphatic carbocycles. The molecular formula is C16H24Cl2N2O2. The molecule has 22 heavy (non-hydrogen) atoms. The van der Waals surface area contributed by atoms with Crippen molar-refractivity contribution in [3.05, 3.63) is 28.2 Å². The van der Waals surface area contributed by atoms with Crippen molar-refractivity contribution < 1.29 is 9.84 Å². The number of β-amino-alcohol motifs (C(OH)–C–C–N with tert-alkyl or cyclic N) is 1. The minimum Gasteiger partial charge on any atom is -0.489 e. The van der Waals surface area contributed by atoms with E-state index >= 15 is 0 Å². The maximum atomic E-state index is 10.2. The normalized spacial score (nSPS) is 18.9. The molecule has 0 saturated carbocycles. The first kappa shape index (κ1) is 17.8. The number of benzene rings is 1. The summed E-state index contributed by atoms with van der Waals surface area (Å²) in [4.78, 5) is 4.73. The molecule has 1 saturated heterocycles. The van der Waals surface area contributed by atoms with Crippen LogP contribution in [-0.4, -0.2) is 66.9 Å². The zero-order valence-electron chi connectivity index (χ0n) is 13.0. The summed E-state index contributed by atoms with van der Waals surface area (Å²) >= 11 is 12.0. The lowest BCUT2D eigenvalue weighted by atomic mass is 10.3. The fraction of sp³-hybridized carbons (Fsp3) is 0.625. The zero-order chi connectivity index (χ0) is 15.9. The second-order valence-electron chi connectivity index (χ2n) is 5.63. The minimum absolute atomic E-state index is 0.216. The second kappa shape index (κ2) is 8.94. The molecule has 1 atom stereocenters. The molecule has 1 aromatic carbocycles. The first-order chi connectivity index (χ1) is 10.6. The van der Waals surface area contributed by atoms with Crippen LogP contribution in [0.2, 0.25) is 10.0 Å². The summed E-state index contributed by atoms with van der Waals surface area (Å²) in [6.07, 6.45) is 0.602. The first-order valence-electron chi connectivity index (χ1n) is 7.79. The third kappa shape index (κ3) is 5.60. The molecule has 1 unspecified atom stereocenters. The highest BCUT2D eigenvalue weighted by molar-refractivity contribution is 6.34. The van der Waals surface area contributed by atoms with Gasteiger partial charge in [0.25, 0.3) is 0 Å². The van der Waals surface area contributed by atoms with Crippen LogP contribution < -0.4 is 4.74 Å². The Balaban J connectivity index is 1.77. The van der Waals surface area contributed by atoms with Crippen molar-refractivity contribution in [2.75, 3.05) is 45.9 Å². The van der Waals surface area contributed by atoms with E-state index in [1.807, 2.05) is 0 Å². The van der Waals surface area contributed by atoms with Crippen LogP contribution in [0, 0.1) is 0 Å². The molecule has 1 aliphatic rings. The van der Waals surface area contributed by atoms with Crippen LogP contribution in [0.15, 0.2) is 18.2 Å². The van der Waals surface area contributed by atoms with Crippen molar-refractivity contribution in [1.82, 2.24) is 9.80 Å². The Bertz CT molecular complexity index is 473. The van der Waals surface area contributed by atoms with Gasteiger partial charge in [0.05, 0.1) is 5.02 Å². The Hall–Kier alpha value is -0.520. The molecule has 6 heteroatoms. The molecule has 2 rings (SSSR count). The molecule has 1 N–H and O–H groups in total. The van der Waals surface area contributed by atoms with Crippen molar-refractivity contribution in [1.29, 1.82) is 0 Å². The van der Waals surface area contributed by atoms with E-state index in [1.165, 1.54) is 0 Å². The summed E-state index contributed by atoms with van der Waals surface area (Å²) < 4.78 is 5.59. The van der Waals surface area contributed by atoms with Crippen LogP contribution in [-0.2, 0) is 0 Å². The van der Waals surface area contributed by atoms with Crippen molar-refractivity contribution in [3.63, 3.8) is 0 Å². The van der Waals surface area contributed by atoms with E-state index in [1.54, 1.807) is 18.2 Å². The molecule has 1 aromatic rings. The monoisotopic (exact) mass is 346 g/mol. The number of hydrogen-bond donors (Lipinski definition) is 1. The lowest BCUT2D eigenvalue weighted by Crippen LogP contribution is -2.38. The lowest BCUT2D eigenvalue weighted by molar-refractivity contribution is 0.0694. The van der Waals surface area contributed by atoms with E-state index in [0.717, 1.165) is 39.1 Å². The number of aliphatic hydroxyl groups is 1. The third-order valence-corrected chi connectivity index (χ3v) is 4.47. The molecule has 0 aromatic heterocycles. The Morgan fingerprint density at radius 1 is 1.18 bits per heavy atom. The van der Waals surface area contributed by atoms with E-state index in [9.17, 15) is 5.11 Å². The van der Waals surface area contributed by atoms with Crippen LogP contribution in [0.25, 0.3) is 0 Å². The van der Waals surface area contributed by atoms with E-state index in [0.29, 0.717) is 22.3 Å². The van der Waals surface area contributed by atoms with Crippen molar-refractivity contribution in [2.45, 2.75) is 19.4 Å². The van der Waals surface area contributed by atoms with Gasteiger partial charge in [0, 0.05) is 30.7 Å². The fourth-order valence-electron chi connectivity index (χ4n) is 2.65. The van der Waals surface area contributed by atoms with Crippen LogP contribution in [0.5, 0.6) is 5.75 Å². The smallest absolute Gasteiger partial charge is 0.139 e. The maximum Gasteiger partial charge on any atom is 0.139 e. The summed E-state index contributed by atoms with van der Waals surface area (Å²) in [7, 11) is 0. The van der Waals surface area contributed by atoms with Gasteiger partial charge in [-0.2, -0.15) is 0 Å². The summed E-state index contributed by atoms with van der Waals surface area (Å²) in [5.41, 5.74) is 0. The SMILES string of the molecule is CCN1CCCN(CC(O)COc2cc(Cl)ccc2Cl)CC1. The molecule has 0 bridgehead atoms. The van der Waals surface area contributed by atoms with Crippen molar-refractivity contribution in [3.8, 4) is 5.75 Å². The van der Waals surface area contributed by atoms with Gasteiger partial charge in [0.15, 0.2) is 0 Å².